The molecule has 0 atom stereocenters. The van der Waals surface area contributed by atoms with Gasteiger partial charge in [-0.15, -0.1) is 0 Å². The van der Waals surface area contributed by atoms with Crippen molar-refractivity contribution in [3.63, 3.8) is 0 Å². The topological polar surface area (TPSA) is 12.5 Å². The molecule has 2 nitrogen and oxygen atoms in total. The lowest BCUT2D eigenvalue weighted by molar-refractivity contribution is -0.0187. The Morgan fingerprint density at radius 2 is 2.33 bits per heavy atom. The highest BCUT2D eigenvalue weighted by molar-refractivity contribution is 8.22. The summed E-state index contributed by atoms with van der Waals surface area (Å²) in [4.78, 5) is 2.15. The zero-order valence-electron chi connectivity index (χ0n) is 7.79. The van der Waals surface area contributed by atoms with Crippen LogP contribution in [0.25, 0.3) is 0 Å². The zero-order valence-corrected chi connectivity index (χ0v) is 9.43. The molecule has 70 valence electrons. The number of ether oxygens (including phenoxy) is 1. The van der Waals surface area contributed by atoms with E-state index >= 15 is 0 Å². The van der Waals surface area contributed by atoms with Crippen molar-refractivity contribution in [2.24, 2.45) is 0 Å². The molecular weight excluding hydrogens is 190 g/mol. The fraction of sp³-hybridized carbons (Fsp3) is 0.875. The van der Waals surface area contributed by atoms with Crippen LogP contribution in [-0.2, 0) is 4.74 Å². The molecule has 0 bridgehead atoms. The molecule has 1 saturated heterocycles. The number of nitrogens with zero attached hydrogens (tertiary/aromatic N) is 1. The first-order valence-corrected chi connectivity index (χ1v) is 5.55. The van der Waals surface area contributed by atoms with Crippen LogP contribution in [0.4, 0.5) is 0 Å². The number of thioether (sulfide) groups is 1. The Morgan fingerprint density at radius 1 is 1.67 bits per heavy atom. The van der Waals surface area contributed by atoms with Gasteiger partial charge in [-0.3, -0.25) is 0 Å². The molecule has 0 unspecified atom stereocenters. The van der Waals surface area contributed by atoms with E-state index in [0.717, 1.165) is 23.2 Å². The van der Waals surface area contributed by atoms with Gasteiger partial charge in [0, 0.05) is 6.54 Å². The Balaban J connectivity index is 2.56. The van der Waals surface area contributed by atoms with Gasteiger partial charge in [-0.25, -0.2) is 0 Å². The third-order valence-electron chi connectivity index (χ3n) is 1.91. The monoisotopic (exact) mass is 205 g/mol. The van der Waals surface area contributed by atoms with Crippen LogP contribution < -0.4 is 0 Å². The van der Waals surface area contributed by atoms with E-state index in [-0.39, 0.29) is 5.72 Å². The number of hydrogen-bond acceptors (Lipinski definition) is 3. The second kappa shape index (κ2) is 3.94. The number of hydrogen-bond donors (Lipinski definition) is 0. The van der Waals surface area contributed by atoms with Crippen LogP contribution in [0.1, 0.15) is 20.8 Å². The minimum atomic E-state index is -0.195. The average molecular weight is 205 g/mol. The van der Waals surface area contributed by atoms with Crippen LogP contribution in [0, 0.1) is 0 Å². The van der Waals surface area contributed by atoms with Crippen LogP contribution in [-0.4, -0.2) is 33.8 Å². The first-order valence-electron chi connectivity index (χ1n) is 4.16. The Bertz CT molecular complexity index is 182. The van der Waals surface area contributed by atoms with Gasteiger partial charge < -0.3 is 9.64 Å². The first-order chi connectivity index (χ1) is 5.58. The summed E-state index contributed by atoms with van der Waals surface area (Å²) in [5, 5.41) is 0. The maximum atomic E-state index is 5.55. The third kappa shape index (κ3) is 2.12. The van der Waals surface area contributed by atoms with E-state index in [2.05, 4.69) is 25.7 Å². The SMILES string of the molecule is CCSC(=S)N1CCOC1(C)C. The summed E-state index contributed by atoms with van der Waals surface area (Å²) in [7, 11) is 0. The fourth-order valence-corrected chi connectivity index (χ4v) is 2.62. The van der Waals surface area contributed by atoms with E-state index in [0.29, 0.717) is 0 Å². The van der Waals surface area contributed by atoms with E-state index in [1.807, 2.05) is 0 Å². The molecule has 0 amide bonds. The van der Waals surface area contributed by atoms with Crippen LogP contribution in [0.2, 0.25) is 0 Å². The molecule has 0 radical (unpaired) electrons. The maximum Gasteiger partial charge on any atom is 0.138 e. The molecule has 12 heavy (non-hydrogen) atoms. The van der Waals surface area contributed by atoms with Gasteiger partial charge in [-0.1, -0.05) is 30.9 Å². The minimum absolute atomic E-state index is 0.195. The smallest absolute Gasteiger partial charge is 0.138 e. The lowest BCUT2D eigenvalue weighted by atomic mass is 10.3. The van der Waals surface area contributed by atoms with E-state index in [4.69, 9.17) is 17.0 Å². The van der Waals surface area contributed by atoms with Crippen molar-refractivity contribution in [3.8, 4) is 0 Å². The van der Waals surface area contributed by atoms with Crippen molar-refractivity contribution < 1.29 is 4.74 Å². The summed E-state index contributed by atoms with van der Waals surface area (Å²) in [6, 6.07) is 0. The molecule has 0 aromatic rings. The highest BCUT2D eigenvalue weighted by Crippen LogP contribution is 2.26. The normalized spacial score (nSPS) is 21.4. The van der Waals surface area contributed by atoms with E-state index in [9.17, 15) is 0 Å². The zero-order chi connectivity index (χ0) is 9.19. The predicted molar refractivity (Wildman–Crippen MR) is 57.5 cm³/mol. The van der Waals surface area contributed by atoms with Gasteiger partial charge in [-0.05, 0) is 19.6 Å². The average Bonchev–Trinajstić information content (AvgIpc) is 2.30. The highest BCUT2D eigenvalue weighted by Gasteiger charge is 2.34. The van der Waals surface area contributed by atoms with Crippen molar-refractivity contribution >= 4 is 28.3 Å². The molecule has 0 aliphatic carbocycles. The van der Waals surface area contributed by atoms with Crippen molar-refractivity contribution in [1.82, 2.24) is 4.90 Å². The molecule has 1 aliphatic heterocycles. The molecule has 4 heteroatoms. The van der Waals surface area contributed by atoms with Gasteiger partial charge in [0.25, 0.3) is 0 Å². The van der Waals surface area contributed by atoms with E-state index in [1.54, 1.807) is 11.8 Å². The summed E-state index contributed by atoms with van der Waals surface area (Å²) < 4.78 is 6.50. The van der Waals surface area contributed by atoms with Gasteiger partial charge in [0.15, 0.2) is 0 Å². The molecule has 1 heterocycles. The van der Waals surface area contributed by atoms with Crippen LogP contribution in [0.15, 0.2) is 0 Å². The van der Waals surface area contributed by atoms with Gasteiger partial charge >= 0.3 is 0 Å². The Morgan fingerprint density at radius 3 is 2.75 bits per heavy atom. The van der Waals surface area contributed by atoms with Gasteiger partial charge in [0.2, 0.25) is 0 Å². The molecule has 0 aromatic heterocycles. The molecule has 1 fully saturated rings. The number of rotatable bonds is 1. The number of thiocarbonyl (C=S) groups is 1. The molecular formula is C8H15NOS2. The second-order valence-corrected chi connectivity index (χ2v) is 5.04. The molecule has 0 aromatic carbocycles. The maximum absolute atomic E-state index is 5.55. The van der Waals surface area contributed by atoms with Crippen molar-refractivity contribution in [1.29, 1.82) is 0 Å². The first kappa shape index (κ1) is 10.3. The fourth-order valence-electron chi connectivity index (χ4n) is 1.25. The predicted octanol–water partition coefficient (Wildman–Crippen LogP) is 2.09. The van der Waals surface area contributed by atoms with Gasteiger partial charge in [0.05, 0.1) is 6.61 Å². The van der Waals surface area contributed by atoms with Gasteiger partial charge in [-0.2, -0.15) is 0 Å². The van der Waals surface area contributed by atoms with E-state index in [1.165, 1.54) is 0 Å². The van der Waals surface area contributed by atoms with Crippen LogP contribution in [0.5, 0.6) is 0 Å². The lowest BCUT2D eigenvalue weighted by Gasteiger charge is -2.31. The lowest BCUT2D eigenvalue weighted by Crippen LogP contribution is -2.41. The van der Waals surface area contributed by atoms with Crippen LogP contribution >= 0.6 is 24.0 Å². The summed E-state index contributed by atoms with van der Waals surface area (Å²) in [6.07, 6.45) is 0. The summed E-state index contributed by atoms with van der Waals surface area (Å²) in [6.45, 7) is 7.95. The standard InChI is InChI=1S/C8H15NOS2/c1-4-12-7(11)9-5-6-10-8(9,2)3/h4-6H2,1-3H3. The van der Waals surface area contributed by atoms with Crippen LogP contribution in [0.3, 0.4) is 0 Å². The largest absolute Gasteiger partial charge is 0.354 e. The van der Waals surface area contributed by atoms with E-state index < -0.39 is 0 Å². The third-order valence-corrected chi connectivity index (χ3v) is 3.24. The molecule has 0 N–H and O–H groups in total. The quantitative estimate of drug-likeness (QED) is 0.607. The van der Waals surface area contributed by atoms with Crippen molar-refractivity contribution in [2.75, 3.05) is 18.9 Å². The Hall–Kier alpha value is 0.200. The summed E-state index contributed by atoms with van der Waals surface area (Å²) >= 11 is 6.98. The molecule has 0 spiro atoms. The van der Waals surface area contributed by atoms with Crippen molar-refractivity contribution in [3.05, 3.63) is 0 Å². The highest BCUT2D eigenvalue weighted by atomic mass is 32.2. The van der Waals surface area contributed by atoms with Crippen molar-refractivity contribution in [2.45, 2.75) is 26.5 Å². The molecule has 0 saturated carbocycles. The Labute approximate surface area is 83.6 Å². The van der Waals surface area contributed by atoms with Gasteiger partial charge in [0.1, 0.15) is 10.0 Å². The Kier molecular flexibility index (Phi) is 3.37. The second-order valence-electron chi connectivity index (χ2n) is 3.15. The molecule has 1 rings (SSSR count). The molecule has 1 aliphatic rings. The summed E-state index contributed by atoms with van der Waals surface area (Å²) in [5.41, 5.74) is -0.195. The summed E-state index contributed by atoms with van der Waals surface area (Å²) in [5.74, 6) is 1.03. The minimum Gasteiger partial charge on any atom is -0.354 e.